The highest BCUT2D eigenvalue weighted by Crippen LogP contribution is 2.20. The highest BCUT2D eigenvalue weighted by molar-refractivity contribution is 7.98. The minimum atomic E-state index is 0.474. The minimum Gasteiger partial charge on any atom is -0.310 e. The Morgan fingerprint density at radius 1 is 1.22 bits per heavy atom. The van der Waals surface area contributed by atoms with E-state index in [0.717, 1.165) is 11.6 Å². The summed E-state index contributed by atoms with van der Waals surface area (Å²) in [5, 5.41) is 4.48. The molecule has 18 heavy (non-hydrogen) atoms. The lowest BCUT2D eigenvalue weighted by atomic mass is 10.0. The van der Waals surface area contributed by atoms with Gasteiger partial charge in [0.1, 0.15) is 0 Å². The molecule has 0 aromatic heterocycles. The molecule has 0 aliphatic rings. The van der Waals surface area contributed by atoms with Gasteiger partial charge in [-0.2, -0.15) is 11.8 Å². The maximum Gasteiger partial charge on any atom is 0.0406 e. The minimum absolute atomic E-state index is 0.474. The molecule has 1 aromatic rings. The summed E-state index contributed by atoms with van der Waals surface area (Å²) in [6.07, 6.45) is 7.11. The highest BCUT2D eigenvalue weighted by Gasteiger charge is 2.09. The van der Waals surface area contributed by atoms with Crippen LogP contribution in [-0.2, 0) is 0 Å². The third-order valence-electron chi connectivity index (χ3n) is 3.02. The second kappa shape index (κ2) is 9.71. The summed E-state index contributed by atoms with van der Waals surface area (Å²) in [4.78, 5) is 0. The number of nitrogens with one attached hydrogen (secondary N) is 1. The fraction of sp³-hybridized carbons (Fsp3) is 0.600. The van der Waals surface area contributed by atoms with Gasteiger partial charge in [0.15, 0.2) is 0 Å². The molecule has 0 heterocycles. The van der Waals surface area contributed by atoms with Gasteiger partial charge in [0.2, 0.25) is 0 Å². The molecule has 0 bridgehead atoms. The normalized spacial score (nSPS) is 12.6. The number of unbranched alkanes of at least 4 members (excludes halogenated alkanes) is 1. The summed E-state index contributed by atoms with van der Waals surface area (Å²) in [6.45, 7) is 3.34. The molecule has 0 fully saturated rings. The van der Waals surface area contributed by atoms with Crippen LogP contribution in [0.3, 0.4) is 0 Å². The molecule has 1 aromatic carbocycles. The topological polar surface area (TPSA) is 12.0 Å². The average molecular weight is 286 g/mol. The lowest BCUT2D eigenvalue weighted by Crippen LogP contribution is -2.22. The fourth-order valence-electron chi connectivity index (χ4n) is 2.02. The Labute approximate surface area is 121 Å². The summed E-state index contributed by atoms with van der Waals surface area (Å²) in [5.41, 5.74) is 1.35. The van der Waals surface area contributed by atoms with E-state index in [0.29, 0.717) is 6.04 Å². The quantitative estimate of drug-likeness (QED) is 0.647. The first-order valence-corrected chi connectivity index (χ1v) is 8.53. The third-order valence-corrected chi connectivity index (χ3v) is 3.96. The highest BCUT2D eigenvalue weighted by atomic mass is 35.5. The van der Waals surface area contributed by atoms with Crippen molar-refractivity contribution < 1.29 is 0 Å². The van der Waals surface area contributed by atoms with Gasteiger partial charge in [0, 0.05) is 11.1 Å². The van der Waals surface area contributed by atoms with E-state index in [2.05, 4.69) is 30.6 Å². The molecule has 0 aliphatic carbocycles. The predicted octanol–water partition coefficient (Wildman–Crippen LogP) is 4.91. The van der Waals surface area contributed by atoms with E-state index in [1.165, 1.54) is 37.0 Å². The SMILES string of the molecule is CCCC(NCCCCSC)c1ccc(Cl)cc1. The number of halogens is 1. The van der Waals surface area contributed by atoms with Crippen molar-refractivity contribution in [3.8, 4) is 0 Å². The van der Waals surface area contributed by atoms with Crippen molar-refractivity contribution in [2.45, 2.75) is 38.6 Å². The van der Waals surface area contributed by atoms with E-state index < -0.39 is 0 Å². The summed E-state index contributed by atoms with van der Waals surface area (Å²) in [6, 6.07) is 8.71. The van der Waals surface area contributed by atoms with Crippen LogP contribution in [0.1, 0.15) is 44.2 Å². The van der Waals surface area contributed by atoms with Crippen LogP contribution in [0.15, 0.2) is 24.3 Å². The molecule has 0 saturated heterocycles. The Morgan fingerprint density at radius 3 is 2.56 bits per heavy atom. The van der Waals surface area contributed by atoms with Crippen LogP contribution >= 0.6 is 23.4 Å². The van der Waals surface area contributed by atoms with E-state index in [1.807, 2.05) is 23.9 Å². The Bertz CT molecular complexity index is 313. The molecule has 102 valence electrons. The van der Waals surface area contributed by atoms with Crippen molar-refractivity contribution in [1.82, 2.24) is 5.32 Å². The Hall–Kier alpha value is -0.180. The summed E-state index contributed by atoms with van der Waals surface area (Å²) in [7, 11) is 0. The second-order valence-corrected chi connectivity index (χ2v) is 5.97. The van der Waals surface area contributed by atoms with Crippen molar-refractivity contribution >= 4 is 23.4 Å². The molecule has 1 atom stereocenters. The zero-order chi connectivity index (χ0) is 13.2. The Kier molecular flexibility index (Phi) is 8.57. The maximum atomic E-state index is 5.93. The van der Waals surface area contributed by atoms with Crippen LogP contribution in [0, 0.1) is 0 Å². The molecular formula is C15H24ClNS. The van der Waals surface area contributed by atoms with Crippen LogP contribution in [-0.4, -0.2) is 18.6 Å². The zero-order valence-electron chi connectivity index (χ0n) is 11.4. The van der Waals surface area contributed by atoms with E-state index >= 15 is 0 Å². The zero-order valence-corrected chi connectivity index (χ0v) is 13.0. The lowest BCUT2D eigenvalue weighted by molar-refractivity contribution is 0.486. The van der Waals surface area contributed by atoms with Crippen LogP contribution in [0.5, 0.6) is 0 Å². The van der Waals surface area contributed by atoms with Gasteiger partial charge in [-0.1, -0.05) is 37.1 Å². The number of hydrogen-bond acceptors (Lipinski definition) is 2. The Morgan fingerprint density at radius 2 is 1.94 bits per heavy atom. The van der Waals surface area contributed by atoms with Gasteiger partial charge in [0.25, 0.3) is 0 Å². The predicted molar refractivity (Wildman–Crippen MR) is 84.7 cm³/mol. The van der Waals surface area contributed by atoms with E-state index in [4.69, 9.17) is 11.6 Å². The molecule has 1 nitrogen and oxygen atoms in total. The van der Waals surface area contributed by atoms with Gasteiger partial charge in [-0.05, 0) is 55.5 Å². The molecule has 0 aliphatic heterocycles. The first-order valence-electron chi connectivity index (χ1n) is 6.75. The molecule has 3 heteroatoms. The van der Waals surface area contributed by atoms with Gasteiger partial charge in [0.05, 0.1) is 0 Å². The van der Waals surface area contributed by atoms with Gasteiger partial charge >= 0.3 is 0 Å². The number of thioether (sulfide) groups is 1. The van der Waals surface area contributed by atoms with E-state index in [9.17, 15) is 0 Å². The second-order valence-electron chi connectivity index (χ2n) is 4.55. The van der Waals surface area contributed by atoms with Gasteiger partial charge < -0.3 is 5.32 Å². The molecule has 1 unspecified atom stereocenters. The number of benzene rings is 1. The molecule has 0 spiro atoms. The lowest BCUT2D eigenvalue weighted by Gasteiger charge is -2.18. The van der Waals surface area contributed by atoms with Crippen molar-refractivity contribution in [3.63, 3.8) is 0 Å². The molecule has 1 N–H and O–H groups in total. The van der Waals surface area contributed by atoms with Crippen molar-refractivity contribution in [1.29, 1.82) is 0 Å². The van der Waals surface area contributed by atoms with Crippen molar-refractivity contribution in [2.24, 2.45) is 0 Å². The first kappa shape index (κ1) is 15.9. The number of hydrogen-bond donors (Lipinski definition) is 1. The molecule has 0 saturated carbocycles. The average Bonchev–Trinajstić information content (AvgIpc) is 2.38. The molecule has 0 amide bonds. The molecule has 1 rings (SSSR count). The van der Waals surface area contributed by atoms with Crippen molar-refractivity contribution in [3.05, 3.63) is 34.9 Å². The summed E-state index contributed by atoms with van der Waals surface area (Å²) in [5.74, 6) is 1.26. The van der Waals surface area contributed by atoms with Crippen LogP contribution in [0.2, 0.25) is 5.02 Å². The van der Waals surface area contributed by atoms with Gasteiger partial charge in [-0.15, -0.1) is 0 Å². The van der Waals surface area contributed by atoms with Crippen molar-refractivity contribution in [2.75, 3.05) is 18.6 Å². The first-order chi connectivity index (χ1) is 8.77. The van der Waals surface area contributed by atoms with Crippen LogP contribution in [0.4, 0.5) is 0 Å². The third kappa shape index (κ3) is 6.12. The number of rotatable bonds is 9. The van der Waals surface area contributed by atoms with E-state index in [1.54, 1.807) is 0 Å². The van der Waals surface area contributed by atoms with Gasteiger partial charge in [-0.3, -0.25) is 0 Å². The van der Waals surface area contributed by atoms with Gasteiger partial charge in [-0.25, -0.2) is 0 Å². The standard InChI is InChI=1S/C15H24ClNS/c1-3-6-15(17-11-4-5-12-18-2)13-7-9-14(16)10-8-13/h7-10,15,17H,3-6,11-12H2,1-2H3. The summed E-state index contributed by atoms with van der Waals surface area (Å²) >= 11 is 7.86. The Balaban J connectivity index is 2.41. The maximum absolute atomic E-state index is 5.93. The smallest absolute Gasteiger partial charge is 0.0406 e. The van der Waals surface area contributed by atoms with Crippen LogP contribution < -0.4 is 5.32 Å². The molecular weight excluding hydrogens is 262 g/mol. The fourth-order valence-corrected chi connectivity index (χ4v) is 2.64. The van der Waals surface area contributed by atoms with Crippen LogP contribution in [0.25, 0.3) is 0 Å². The monoisotopic (exact) mass is 285 g/mol. The largest absolute Gasteiger partial charge is 0.310 e. The summed E-state index contributed by atoms with van der Waals surface area (Å²) < 4.78 is 0. The van der Waals surface area contributed by atoms with E-state index in [-0.39, 0.29) is 0 Å². The molecule has 0 radical (unpaired) electrons.